The molecule has 3 rings (SSSR count). The van der Waals surface area contributed by atoms with Crippen LogP contribution in [-0.2, 0) is 0 Å². The van der Waals surface area contributed by atoms with Gasteiger partial charge in [0.2, 0.25) is 0 Å². The van der Waals surface area contributed by atoms with E-state index in [4.69, 9.17) is 16.3 Å². The van der Waals surface area contributed by atoms with Gasteiger partial charge in [-0.15, -0.1) is 0 Å². The molecule has 0 aliphatic heterocycles. The maximum absolute atomic E-state index is 13.2. The molecule has 2 aromatic carbocycles. The Morgan fingerprint density at radius 3 is 2.61 bits per heavy atom. The second-order valence-corrected chi connectivity index (χ2v) is 6.23. The van der Waals surface area contributed by atoms with E-state index in [1.54, 1.807) is 25.1 Å². The number of benzene rings is 2. The van der Waals surface area contributed by atoms with Crippen molar-refractivity contribution in [1.29, 1.82) is 0 Å². The third-order valence-electron chi connectivity index (χ3n) is 4.00. The lowest BCUT2D eigenvalue weighted by molar-refractivity contribution is 0.0846. The summed E-state index contributed by atoms with van der Waals surface area (Å²) < 4.78 is 20.0. The molecule has 0 aliphatic carbocycles. The van der Waals surface area contributed by atoms with Crippen molar-refractivity contribution < 1.29 is 18.7 Å². The first-order valence-electron chi connectivity index (χ1n) is 8.15. The molecule has 7 nitrogen and oxygen atoms in total. The number of halogens is 2. The zero-order chi connectivity index (χ0) is 20.3. The van der Waals surface area contributed by atoms with Crippen molar-refractivity contribution >= 4 is 23.4 Å². The van der Waals surface area contributed by atoms with Crippen LogP contribution >= 0.6 is 11.6 Å². The lowest BCUT2D eigenvalue weighted by Crippen LogP contribution is -2.41. The second-order valence-electron chi connectivity index (χ2n) is 5.79. The third kappa shape index (κ3) is 3.96. The van der Waals surface area contributed by atoms with Gasteiger partial charge in [0.25, 0.3) is 11.8 Å². The topological polar surface area (TPSA) is 85.2 Å². The van der Waals surface area contributed by atoms with Crippen LogP contribution in [0.25, 0.3) is 5.69 Å². The minimum atomic E-state index is -0.644. The Labute approximate surface area is 165 Å². The van der Waals surface area contributed by atoms with E-state index in [1.807, 2.05) is 0 Å². The minimum Gasteiger partial charge on any atom is -0.494 e. The first kappa shape index (κ1) is 19.4. The first-order valence-corrected chi connectivity index (χ1v) is 8.53. The number of nitrogens with zero attached hydrogens (tertiary/aromatic N) is 2. The van der Waals surface area contributed by atoms with Gasteiger partial charge >= 0.3 is 0 Å². The Morgan fingerprint density at radius 2 is 1.89 bits per heavy atom. The number of methoxy groups -OCH3 is 1. The van der Waals surface area contributed by atoms with Gasteiger partial charge in [-0.3, -0.25) is 20.4 Å². The predicted octanol–water partition coefficient (Wildman–Crippen LogP) is 3.06. The van der Waals surface area contributed by atoms with Crippen LogP contribution < -0.4 is 15.6 Å². The van der Waals surface area contributed by atoms with Gasteiger partial charge in [-0.05, 0) is 43.3 Å². The van der Waals surface area contributed by atoms with Gasteiger partial charge in [0.05, 0.1) is 24.6 Å². The zero-order valence-electron chi connectivity index (χ0n) is 15.0. The molecule has 1 aromatic heterocycles. The molecule has 9 heteroatoms. The number of hydrogen-bond acceptors (Lipinski definition) is 4. The average molecular weight is 403 g/mol. The molecule has 1 heterocycles. The van der Waals surface area contributed by atoms with Crippen LogP contribution in [0.5, 0.6) is 5.75 Å². The van der Waals surface area contributed by atoms with E-state index in [9.17, 15) is 14.0 Å². The number of hydrazine groups is 1. The summed E-state index contributed by atoms with van der Waals surface area (Å²) in [4.78, 5) is 24.4. The minimum absolute atomic E-state index is 0.0800. The normalized spacial score (nSPS) is 10.4. The number of carbonyl (C=O) groups is 2. The van der Waals surface area contributed by atoms with Gasteiger partial charge in [-0.25, -0.2) is 9.07 Å². The smallest absolute Gasteiger partial charge is 0.273 e. The zero-order valence-corrected chi connectivity index (χ0v) is 15.7. The summed E-state index contributed by atoms with van der Waals surface area (Å²) in [6.07, 6.45) is 1.36. The molecule has 0 atom stereocenters. The molecular weight excluding hydrogens is 387 g/mol. The Balaban J connectivity index is 1.77. The van der Waals surface area contributed by atoms with E-state index in [0.717, 1.165) is 6.07 Å². The van der Waals surface area contributed by atoms with Crippen LogP contribution in [0.15, 0.2) is 48.7 Å². The van der Waals surface area contributed by atoms with Gasteiger partial charge in [0, 0.05) is 10.6 Å². The molecule has 0 bridgehead atoms. The van der Waals surface area contributed by atoms with Crippen molar-refractivity contribution in [1.82, 2.24) is 20.6 Å². The molecule has 28 heavy (non-hydrogen) atoms. The molecule has 0 saturated heterocycles. The number of nitrogens with one attached hydrogen (secondary N) is 2. The number of hydrogen-bond donors (Lipinski definition) is 2. The van der Waals surface area contributed by atoms with E-state index < -0.39 is 17.6 Å². The van der Waals surface area contributed by atoms with E-state index in [-0.39, 0.29) is 11.1 Å². The second kappa shape index (κ2) is 8.10. The summed E-state index contributed by atoms with van der Waals surface area (Å²) in [5.74, 6) is -1.24. The summed E-state index contributed by atoms with van der Waals surface area (Å²) >= 11 is 6.05. The van der Waals surface area contributed by atoms with Crippen LogP contribution in [-0.4, -0.2) is 28.7 Å². The summed E-state index contributed by atoms with van der Waals surface area (Å²) in [5, 5.41) is 4.69. The summed E-state index contributed by atoms with van der Waals surface area (Å²) in [7, 11) is 1.52. The number of aromatic nitrogens is 2. The Kier molecular flexibility index (Phi) is 5.60. The van der Waals surface area contributed by atoms with Gasteiger partial charge in [0.1, 0.15) is 17.3 Å². The average Bonchev–Trinajstić information content (AvgIpc) is 3.07. The lowest BCUT2D eigenvalue weighted by Gasteiger charge is -2.11. The largest absolute Gasteiger partial charge is 0.494 e. The van der Waals surface area contributed by atoms with Gasteiger partial charge in [0.15, 0.2) is 0 Å². The van der Waals surface area contributed by atoms with Crippen LogP contribution in [0.1, 0.15) is 26.4 Å². The van der Waals surface area contributed by atoms with E-state index in [2.05, 4.69) is 16.0 Å². The quantitative estimate of drug-likeness (QED) is 0.657. The molecule has 3 aromatic rings. The van der Waals surface area contributed by atoms with Crippen molar-refractivity contribution in [3.8, 4) is 11.4 Å². The van der Waals surface area contributed by atoms with Crippen molar-refractivity contribution in [3.63, 3.8) is 0 Å². The molecule has 0 saturated carbocycles. The number of carbonyl (C=O) groups excluding carboxylic acids is 2. The first-order chi connectivity index (χ1) is 13.4. The monoisotopic (exact) mass is 402 g/mol. The Hall–Kier alpha value is -3.39. The van der Waals surface area contributed by atoms with Crippen LogP contribution in [0.3, 0.4) is 0 Å². The fourth-order valence-electron chi connectivity index (χ4n) is 2.59. The van der Waals surface area contributed by atoms with Gasteiger partial charge in [-0.1, -0.05) is 17.7 Å². The standard InChI is InChI=1S/C19H16ClFN4O3/c1-11-15(10-22-25(11)16-9-13(20)6-7-17(16)28-2)19(27)24-23-18(26)12-4-3-5-14(21)8-12/h3-10H,1-2H3,(H,23,26)(H,24,27). The fourth-order valence-corrected chi connectivity index (χ4v) is 2.75. The molecule has 0 radical (unpaired) electrons. The molecule has 0 aliphatic rings. The van der Waals surface area contributed by atoms with Crippen molar-refractivity contribution in [2.24, 2.45) is 0 Å². The number of amides is 2. The van der Waals surface area contributed by atoms with Crippen molar-refractivity contribution in [2.45, 2.75) is 6.92 Å². The van der Waals surface area contributed by atoms with Crippen molar-refractivity contribution in [3.05, 3.63) is 76.3 Å². The maximum Gasteiger partial charge on any atom is 0.273 e. The van der Waals surface area contributed by atoms with Gasteiger partial charge < -0.3 is 4.74 Å². The Morgan fingerprint density at radius 1 is 1.14 bits per heavy atom. The van der Waals surface area contributed by atoms with E-state index in [0.29, 0.717) is 22.2 Å². The highest BCUT2D eigenvalue weighted by molar-refractivity contribution is 6.30. The molecule has 0 spiro atoms. The molecule has 0 fully saturated rings. The van der Waals surface area contributed by atoms with Crippen LogP contribution in [0.2, 0.25) is 5.02 Å². The van der Waals surface area contributed by atoms with E-state index >= 15 is 0 Å². The highest BCUT2D eigenvalue weighted by Crippen LogP contribution is 2.27. The molecule has 144 valence electrons. The van der Waals surface area contributed by atoms with Gasteiger partial charge in [-0.2, -0.15) is 5.10 Å². The number of rotatable bonds is 4. The highest BCUT2D eigenvalue weighted by atomic mass is 35.5. The summed E-state index contributed by atoms with van der Waals surface area (Å²) in [6.45, 7) is 1.69. The Bertz CT molecular complexity index is 1050. The van der Waals surface area contributed by atoms with Crippen molar-refractivity contribution in [2.75, 3.05) is 7.11 Å². The molecule has 2 amide bonds. The number of ether oxygens (including phenoxy) is 1. The summed E-state index contributed by atoms with van der Waals surface area (Å²) in [5.41, 5.74) is 5.93. The van der Waals surface area contributed by atoms with E-state index in [1.165, 1.54) is 36.2 Å². The maximum atomic E-state index is 13.2. The highest BCUT2D eigenvalue weighted by Gasteiger charge is 2.18. The third-order valence-corrected chi connectivity index (χ3v) is 4.23. The fraction of sp³-hybridized carbons (Fsp3) is 0.105. The van der Waals surface area contributed by atoms with Crippen LogP contribution in [0.4, 0.5) is 4.39 Å². The molecule has 0 unspecified atom stereocenters. The molecular formula is C19H16ClFN4O3. The van der Waals surface area contributed by atoms with Crippen LogP contribution in [0, 0.1) is 12.7 Å². The summed E-state index contributed by atoms with van der Waals surface area (Å²) in [6, 6.07) is 10.1. The lowest BCUT2D eigenvalue weighted by atomic mass is 10.2. The predicted molar refractivity (Wildman–Crippen MR) is 101 cm³/mol. The SMILES string of the molecule is COc1ccc(Cl)cc1-n1ncc(C(=O)NNC(=O)c2cccc(F)c2)c1C. The molecule has 2 N–H and O–H groups in total.